The fourth-order valence-electron chi connectivity index (χ4n) is 3.30. The Labute approximate surface area is 160 Å². The fourth-order valence-corrected chi connectivity index (χ4v) is 3.71. The number of likely N-dealkylation sites (N-methyl/N-ethyl adjacent to an activating group) is 1. The first kappa shape index (κ1) is 18.7. The number of benzene rings is 1. The number of quaternary nitrogens is 1. The maximum Gasteiger partial charge on any atom is 0.278 e. The van der Waals surface area contributed by atoms with Crippen LogP contribution in [0, 0.1) is 0 Å². The van der Waals surface area contributed by atoms with Gasteiger partial charge in [-0.05, 0) is 24.5 Å². The molecule has 1 aromatic carbocycles. The maximum atomic E-state index is 12.6. The Morgan fingerprint density at radius 2 is 1.85 bits per heavy atom. The number of H-pyrrole nitrogens is 1. The molecule has 3 rings (SSSR count). The number of pyridine rings is 1. The van der Waals surface area contributed by atoms with Gasteiger partial charge in [0.25, 0.3) is 11.7 Å². The van der Waals surface area contributed by atoms with Crippen molar-refractivity contribution in [3.63, 3.8) is 0 Å². The molecular formula is C20H28N4OS+2. The summed E-state index contributed by atoms with van der Waals surface area (Å²) in [5.41, 5.74) is 1.28. The zero-order valence-electron chi connectivity index (χ0n) is 15.6. The molecule has 1 aromatic heterocycles. The quantitative estimate of drug-likeness (QED) is 0.755. The van der Waals surface area contributed by atoms with E-state index >= 15 is 0 Å². The van der Waals surface area contributed by atoms with Crippen LogP contribution < -0.4 is 14.8 Å². The largest absolute Gasteiger partial charge is 0.330 e. The topological polar surface area (TPSA) is 42.1 Å². The molecule has 1 aliphatic heterocycles. The molecule has 2 heterocycles. The molecular weight excluding hydrogens is 344 g/mol. The van der Waals surface area contributed by atoms with Gasteiger partial charge in [0.05, 0.1) is 26.3 Å². The second-order valence-corrected chi connectivity index (χ2v) is 7.65. The summed E-state index contributed by atoms with van der Waals surface area (Å²) in [6.45, 7) is 4.75. The van der Waals surface area contributed by atoms with Crippen molar-refractivity contribution in [2.75, 3.05) is 50.9 Å². The lowest BCUT2D eigenvalue weighted by Crippen LogP contribution is -3.09. The van der Waals surface area contributed by atoms with E-state index in [1.54, 1.807) is 11.8 Å². The zero-order chi connectivity index (χ0) is 18.4. The van der Waals surface area contributed by atoms with Gasteiger partial charge in [-0.1, -0.05) is 18.2 Å². The summed E-state index contributed by atoms with van der Waals surface area (Å²) >= 11 is 1.75. The minimum absolute atomic E-state index is 0.250. The van der Waals surface area contributed by atoms with Gasteiger partial charge < -0.3 is 9.80 Å². The van der Waals surface area contributed by atoms with Gasteiger partial charge in [-0.15, -0.1) is 11.8 Å². The van der Waals surface area contributed by atoms with Gasteiger partial charge >= 0.3 is 0 Å². The van der Waals surface area contributed by atoms with Crippen LogP contribution in [-0.4, -0.2) is 56.8 Å². The molecule has 2 N–H and O–H groups in total. The molecule has 0 saturated carbocycles. The third kappa shape index (κ3) is 4.99. The number of anilines is 1. The molecule has 0 aliphatic carbocycles. The van der Waals surface area contributed by atoms with Gasteiger partial charge in [0.2, 0.25) is 0 Å². The van der Waals surface area contributed by atoms with Crippen LogP contribution in [-0.2, 0) is 11.3 Å². The second-order valence-electron chi connectivity index (χ2n) is 6.77. The molecule has 26 heavy (non-hydrogen) atoms. The number of nitrogens with zero attached hydrogens (tertiary/aromatic N) is 2. The number of carbonyl (C=O) groups excluding carboxylic acids is 1. The van der Waals surface area contributed by atoms with Crippen LogP contribution in [0.2, 0.25) is 0 Å². The summed E-state index contributed by atoms with van der Waals surface area (Å²) in [6, 6.07) is 14.7. The molecule has 1 saturated heterocycles. The van der Waals surface area contributed by atoms with Gasteiger partial charge in [-0.25, -0.2) is 4.98 Å². The average molecular weight is 373 g/mol. The van der Waals surface area contributed by atoms with E-state index in [2.05, 4.69) is 53.5 Å². The number of hydrogen-bond acceptors (Lipinski definition) is 3. The molecule has 1 amide bonds. The maximum absolute atomic E-state index is 12.6. The van der Waals surface area contributed by atoms with E-state index in [-0.39, 0.29) is 5.91 Å². The Bertz CT molecular complexity index is 700. The fraction of sp³-hybridized carbons (Fsp3) is 0.400. The van der Waals surface area contributed by atoms with Crippen LogP contribution >= 0.6 is 11.8 Å². The number of aromatic amines is 1. The van der Waals surface area contributed by atoms with E-state index in [1.165, 1.54) is 15.4 Å². The highest BCUT2D eigenvalue weighted by Crippen LogP contribution is 2.14. The molecule has 1 unspecified atom stereocenters. The van der Waals surface area contributed by atoms with Crippen LogP contribution in [0.15, 0.2) is 53.6 Å². The highest BCUT2D eigenvalue weighted by atomic mass is 32.2. The summed E-state index contributed by atoms with van der Waals surface area (Å²) in [6.07, 6.45) is 4.03. The number of aromatic nitrogens is 1. The number of hydrogen-bond donors (Lipinski definition) is 1. The summed E-state index contributed by atoms with van der Waals surface area (Å²) < 4.78 is 0. The van der Waals surface area contributed by atoms with Crippen LogP contribution in [0.5, 0.6) is 0 Å². The van der Waals surface area contributed by atoms with Crippen molar-refractivity contribution in [3.8, 4) is 0 Å². The highest BCUT2D eigenvalue weighted by Gasteiger charge is 2.27. The molecule has 0 spiro atoms. The third-order valence-electron chi connectivity index (χ3n) is 4.78. The van der Waals surface area contributed by atoms with E-state index in [9.17, 15) is 4.79 Å². The number of amides is 1. The lowest BCUT2D eigenvalue weighted by atomic mass is 10.2. The van der Waals surface area contributed by atoms with E-state index in [1.807, 2.05) is 23.2 Å². The molecule has 5 nitrogen and oxygen atoms in total. The van der Waals surface area contributed by atoms with Gasteiger partial charge in [0.1, 0.15) is 19.6 Å². The number of piperazine rings is 1. The molecule has 1 aliphatic rings. The van der Waals surface area contributed by atoms with Crippen molar-refractivity contribution in [2.24, 2.45) is 0 Å². The van der Waals surface area contributed by atoms with Gasteiger partial charge in [0, 0.05) is 16.5 Å². The predicted octanol–water partition coefficient (Wildman–Crippen LogP) is 0.586. The Balaban J connectivity index is 1.46. The SMILES string of the molecule is CSc1ccc(C[NH+](C)CC(=O)N2CCN(c3cccc[nH+]3)CC2)cc1. The van der Waals surface area contributed by atoms with Crippen molar-refractivity contribution in [2.45, 2.75) is 11.4 Å². The summed E-state index contributed by atoms with van der Waals surface area (Å²) in [4.78, 5) is 22.7. The predicted molar refractivity (Wildman–Crippen MR) is 105 cm³/mol. The van der Waals surface area contributed by atoms with Crippen molar-refractivity contribution in [1.82, 2.24) is 4.90 Å². The van der Waals surface area contributed by atoms with Crippen molar-refractivity contribution in [1.29, 1.82) is 0 Å². The lowest BCUT2D eigenvalue weighted by molar-refractivity contribution is -0.885. The molecule has 0 bridgehead atoms. The monoisotopic (exact) mass is 372 g/mol. The van der Waals surface area contributed by atoms with E-state index in [0.717, 1.165) is 38.5 Å². The molecule has 1 fully saturated rings. The highest BCUT2D eigenvalue weighted by molar-refractivity contribution is 7.98. The lowest BCUT2D eigenvalue weighted by Gasteiger charge is -2.31. The van der Waals surface area contributed by atoms with Crippen LogP contribution in [0.1, 0.15) is 5.56 Å². The van der Waals surface area contributed by atoms with Crippen LogP contribution in [0.25, 0.3) is 0 Å². The minimum atomic E-state index is 0.250. The van der Waals surface area contributed by atoms with Crippen LogP contribution in [0.3, 0.4) is 0 Å². The van der Waals surface area contributed by atoms with Crippen molar-refractivity contribution >= 4 is 23.5 Å². The molecule has 0 radical (unpaired) electrons. The van der Waals surface area contributed by atoms with E-state index < -0.39 is 0 Å². The smallest absolute Gasteiger partial charge is 0.278 e. The standard InChI is InChI=1S/C20H26N4OS/c1-22(15-17-6-8-18(26-2)9-7-17)16-20(25)24-13-11-23(12-14-24)19-5-3-4-10-21-19/h3-10H,11-16H2,1-2H3/p+2. The van der Waals surface area contributed by atoms with Gasteiger partial charge in [-0.2, -0.15) is 0 Å². The summed E-state index contributed by atoms with van der Waals surface area (Å²) in [7, 11) is 2.09. The van der Waals surface area contributed by atoms with Crippen LogP contribution in [0.4, 0.5) is 5.82 Å². The summed E-state index contributed by atoms with van der Waals surface area (Å²) in [5.74, 6) is 1.37. The minimum Gasteiger partial charge on any atom is -0.330 e. The Morgan fingerprint density at radius 3 is 2.46 bits per heavy atom. The zero-order valence-corrected chi connectivity index (χ0v) is 16.4. The summed E-state index contributed by atoms with van der Waals surface area (Å²) in [5, 5.41) is 0. The molecule has 6 heteroatoms. The third-order valence-corrected chi connectivity index (χ3v) is 5.53. The van der Waals surface area contributed by atoms with E-state index in [0.29, 0.717) is 6.54 Å². The van der Waals surface area contributed by atoms with Gasteiger partial charge in [0.15, 0.2) is 6.54 Å². The van der Waals surface area contributed by atoms with Gasteiger partial charge in [-0.3, -0.25) is 9.69 Å². The van der Waals surface area contributed by atoms with Crippen molar-refractivity contribution in [3.05, 3.63) is 54.2 Å². The first-order valence-corrected chi connectivity index (χ1v) is 10.3. The molecule has 2 aromatic rings. The Hall–Kier alpha value is -2.05. The molecule has 1 atom stereocenters. The second kappa shape index (κ2) is 9.05. The first-order chi connectivity index (χ1) is 12.7. The number of nitrogens with one attached hydrogen (secondary N) is 2. The molecule has 138 valence electrons. The Morgan fingerprint density at radius 1 is 1.12 bits per heavy atom. The first-order valence-electron chi connectivity index (χ1n) is 9.09. The number of carbonyl (C=O) groups is 1. The normalized spacial score (nSPS) is 15.8. The number of rotatable bonds is 6. The average Bonchev–Trinajstić information content (AvgIpc) is 2.69. The van der Waals surface area contributed by atoms with Crippen molar-refractivity contribution < 1.29 is 14.7 Å². The Kier molecular flexibility index (Phi) is 6.52. The van der Waals surface area contributed by atoms with E-state index in [4.69, 9.17) is 0 Å². The number of thioether (sulfide) groups is 1.